The smallest absolute Gasteiger partial charge is 0.187 e. The molecule has 32 heavy (non-hydrogen) atoms. The fourth-order valence-corrected chi connectivity index (χ4v) is 3.19. The average Bonchev–Trinajstić information content (AvgIpc) is 2.77. The highest BCUT2D eigenvalue weighted by atomic mass is 16.5. The molecule has 0 N–H and O–H groups in total. The summed E-state index contributed by atoms with van der Waals surface area (Å²) >= 11 is 0. The van der Waals surface area contributed by atoms with Gasteiger partial charge < -0.3 is 9.64 Å². The van der Waals surface area contributed by atoms with Crippen LogP contribution in [-0.2, 0) is 4.74 Å². The largest absolute Gasteiger partial charge is 0.461 e. The molecule has 1 aliphatic rings. The second kappa shape index (κ2) is 9.65. The Hall–Kier alpha value is -3.66. The van der Waals surface area contributed by atoms with Crippen molar-refractivity contribution >= 4 is 23.8 Å². The number of carbonyl (C=O) groups excluding carboxylic acids is 2. The molecule has 0 aromatic heterocycles. The number of hydrogen-bond acceptors (Lipinski definition) is 4. The van der Waals surface area contributed by atoms with Crippen molar-refractivity contribution < 1.29 is 14.3 Å². The van der Waals surface area contributed by atoms with Crippen LogP contribution in [0.15, 0.2) is 89.9 Å². The SMILES string of the molecule is CN(C)c1ccc(/C=C/C2=CC(=C/C(=O)c3ccccc3C=O)/C=C(C(C)(C)C)O2)cc1. The van der Waals surface area contributed by atoms with Crippen LogP contribution in [0.5, 0.6) is 0 Å². The highest BCUT2D eigenvalue weighted by Gasteiger charge is 2.23. The zero-order valence-electron chi connectivity index (χ0n) is 19.3. The molecular formula is C28H29NO3. The molecule has 2 aromatic carbocycles. The summed E-state index contributed by atoms with van der Waals surface area (Å²) in [6.45, 7) is 6.19. The summed E-state index contributed by atoms with van der Waals surface area (Å²) in [5.41, 5.74) is 3.45. The van der Waals surface area contributed by atoms with Crippen LogP contribution < -0.4 is 4.90 Å². The van der Waals surface area contributed by atoms with Gasteiger partial charge in [0.1, 0.15) is 11.5 Å². The maximum atomic E-state index is 12.9. The first kappa shape index (κ1) is 23.0. The summed E-state index contributed by atoms with van der Waals surface area (Å²) < 4.78 is 6.12. The third-order valence-corrected chi connectivity index (χ3v) is 5.07. The minimum atomic E-state index is -0.233. The summed E-state index contributed by atoms with van der Waals surface area (Å²) in [6, 6.07) is 15.0. The molecule has 164 valence electrons. The molecule has 1 heterocycles. The molecule has 0 atom stereocenters. The van der Waals surface area contributed by atoms with Gasteiger partial charge in [-0.3, -0.25) is 9.59 Å². The molecule has 0 aliphatic carbocycles. The van der Waals surface area contributed by atoms with Crippen LogP contribution >= 0.6 is 0 Å². The molecule has 0 amide bonds. The average molecular weight is 428 g/mol. The minimum Gasteiger partial charge on any atom is -0.461 e. The molecule has 0 unspecified atom stereocenters. The zero-order valence-corrected chi connectivity index (χ0v) is 19.3. The van der Waals surface area contributed by atoms with Gasteiger partial charge in [-0.25, -0.2) is 0 Å². The molecule has 4 heteroatoms. The van der Waals surface area contributed by atoms with E-state index < -0.39 is 0 Å². The van der Waals surface area contributed by atoms with Crippen molar-refractivity contribution in [3.63, 3.8) is 0 Å². The van der Waals surface area contributed by atoms with E-state index in [-0.39, 0.29) is 11.2 Å². The number of rotatable bonds is 6. The Balaban J connectivity index is 1.92. The Morgan fingerprint density at radius 2 is 1.62 bits per heavy atom. The Morgan fingerprint density at radius 1 is 0.938 bits per heavy atom. The van der Waals surface area contributed by atoms with Gasteiger partial charge in [0.2, 0.25) is 0 Å². The number of anilines is 1. The van der Waals surface area contributed by atoms with Gasteiger partial charge in [-0.05, 0) is 47.6 Å². The molecule has 0 fully saturated rings. The van der Waals surface area contributed by atoms with Gasteiger partial charge in [-0.15, -0.1) is 0 Å². The van der Waals surface area contributed by atoms with Gasteiger partial charge in [-0.1, -0.05) is 63.2 Å². The van der Waals surface area contributed by atoms with E-state index in [1.165, 1.54) is 0 Å². The van der Waals surface area contributed by atoms with Crippen LogP contribution in [0, 0.1) is 5.41 Å². The Kier molecular flexibility index (Phi) is 6.94. The van der Waals surface area contributed by atoms with Crippen molar-refractivity contribution in [2.75, 3.05) is 19.0 Å². The van der Waals surface area contributed by atoms with E-state index in [1.54, 1.807) is 30.3 Å². The number of hydrogen-bond donors (Lipinski definition) is 0. The van der Waals surface area contributed by atoms with E-state index >= 15 is 0 Å². The highest BCUT2D eigenvalue weighted by Crippen LogP contribution is 2.33. The second-order valence-electron chi connectivity index (χ2n) is 8.94. The Morgan fingerprint density at radius 3 is 2.25 bits per heavy atom. The zero-order chi connectivity index (χ0) is 23.3. The van der Waals surface area contributed by atoms with E-state index in [0.717, 1.165) is 22.6 Å². The summed E-state index contributed by atoms with van der Waals surface area (Å²) in [7, 11) is 4.02. The lowest BCUT2D eigenvalue weighted by molar-refractivity contribution is 0.103. The number of carbonyl (C=O) groups is 2. The lowest BCUT2D eigenvalue weighted by Gasteiger charge is -2.26. The summed E-state index contributed by atoms with van der Waals surface area (Å²) in [6.07, 6.45) is 9.86. The van der Waals surface area contributed by atoms with Gasteiger partial charge >= 0.3 is 0 Å². The molecule has 0 radical (unpaired) electrons. The molecule has 4 nitrogen and oxygen atoms in total. The summed E-state index contributed by atoms with van der Waals surface area (Å²) in [5.74, 6) is 1.20. The normalized spacial score (nSPS) is 15.2. The quantitative estimate of drug-likeness (QED) is 0.311. The number of aldehydes is 1. The van der Waals surface area contributed by atoms with Gasteiger partial charge in [0, 0.05) is 36.3 Å². The third-order valence-electron chi connectivity index (χ3n) is 5.07. The van der Waals surface area contributed by atoms with Gasteiger partial charge in [-0.2, -0.15) is 0 Å². The molecule has 3 rings (SSSR count). The first-order chi connectivity index (χ1) is 15.2. The van der Waals surface area contributed by atoms with Gasteiger partial charge in [0.15, 0.2) is 12.1 Å². The van der Waals surface area contributed by atoms with Gasteiger partial charge in [0.05, 0.1) is 0 Å². The number of benzene rings is 2. The third kappa shape index (κ3) is 5.73. The van der Waals surface area contributed by atoms with E-state index in [2.05, 4.69) is 37.8 Å². The first-order valence-electron chi connectivity index (χ1n) is 10.5. The maximum Gasteiger partial charge on any atom is 0.187 e. The van der Waals surface area contributed by atoms with Crippen molar-refractivity contribution in [1.29, 1.82) is 0 Å². The summed E-state index contributed by atoms with van der Waals surface area (Å²) in [4.78, 5) is 26.2. The number of ketones is 1. The van der Waals surface area contributed by atoms with Gasteiger partial charge in [0.25, 0.3) is 0 Å². The van der Waals surface area contributed by atoms with E-state index in [0.29, 0.717) is 23.2 Å². The highest BCUT2D eigenvalue weighted by molar-refractivity contribution is 6.09. The predicted octanol–water partition coefficient (Wildman–Crippen LogP) is 6.23. The van der Waals surface area contributed by atoms with Crippen LogP contribution in [0.2, 0.25) is 0 Å². The van der Waals surface area contributed by atoms with Crippen molar-refractivity contribution in [2.24, 2.45) is 5.41 Å². The van der Waals surface area contributed by atoms with Crippen molar-refractivity contribution in [3.05, 3.63) is 107 Å². The van der Waals surface area contributed by atoms with Crippen LogP contribution in [0.1, 0.15) is 47.1 Å². The molecule has 0 saturated heterocycles. The standard InChI is InChI=1S/C28H29NO3/c1-28(2,3)27-18-21(17-26(31)25-9-7-6-8-22(25)19-30)16-24(32-27)15-12-20-10-13-23(14-11-20)29(4)5/h6-19H,1-5H3/b15-12+,21-17-. The maximum absolute atomic E-state index is 12.9. The number of ether oxygens (including phenoxy) is 1. The van der Waals surface area contributed by atoms with Crippen molar-refractivity contribution in [1.82, 2.24) is 0 Å². The molecular weight excluding hydrogens is 398 g/mol. The van der Waals surface area contributed by atoms with Crippen LogP contribution in [-0.4, -0.2) is 26.2 Å². The predicted molar refractivity (Wildman–Crippen MR) is 131 cm³/mol. The lowest BCUT2D eigenvalue weighted by atomic mass is 9.90. The van der Waals surface area contributed by atoms with Crippen molar-refractivity contribution in [2.45, 2.75) is 20.8 Å². The molecule has 0 bridgehead atoms. The number of nitrogens with zero attached hydrogens (tertiary/aromatic N) is 1. The fourth-order valence-electron chi connectivity index (χ4n) is 3.19. The monoisotopic (exact) mass is 427 g/mol. The minimum absolute atomic E-state index is 0.215. The summed E-state index contributed by atoms with van der Waals surface area (Å²) in [5, 5.41) is 0. The van der Waals surface area contributed by atoms with Crippen LogP contribution in [0.4, 0.5) is 5.69 Å². The van der Waals surface area contributed by atoms with Crippen LogP contribution in [0.3, 0.4) is 0 Å². The molecule has 2 aromatic rings. The molecule has 0 spiro atoms. The van der Waals surface area contributed by atoms with Crippen LogP contribution in [0.25, 0.3) is 6.08 Å². The van der Waals surface area contributed by atoms with E-state index in [4.69, 9.17) is 4.74 Å². The van der Waals surface area contributed by atoms with E-state index in [9.17, 15) is 9.59 Å². The second-order valence-corrected chi connectivity index (χ2v) is 8.94. The van der Waals surface area contributed by atoms with E-state index in [1.807, 2.05) is 50.5 Å². The fraction of sp³-hybridized carbons (Fsp3) is 0.214. The number of allylic oxidation sites excluding steroid dienone is 6. The Bertz CT molecular complexity index is 1120. The molecule has 0 saturated carbocycles. The molecule has 1 aliphatic heterocycles. The Labute approximate surface area is 190 Å². The first-order valence-corrected chi connectivity index (χ1v) is 10.5. The lowest BCUT2D eigenvalue weighted by Crippen LogP contribution is -2.15. The van der Waals surface area contributed by atoms with Crippen molar-refractivity contribution in [3.8, 4) is 0 Å². The topological polar surface area (TPSA) is 46.6 Å².